The second-order valence-electron chi connectivity index (χ2n) is 11.8. The van der Waals surface area contributed by atoms with E-state index in [1.807, 2.05) is 24.3 Å². The van der Waals surface area contributed by atoms with Crippen LogP contribution in [-0.4, -0.2) is 109 Å². The highest BCUT2D eigenvalue weighted by atomic mass is 16.5. The van der Waals surface area contributed by atoms with Crippen molar-refractivity contribution in [3.63, 3.8) is 0 Å². The third-order valence-corrected chi connectivity index (χ3v) is 8.88. The van der Waals surface area contributed by atoms with E-state index in [0.29, 0.717) is 48.2 Å². The Labute approximate surface area is 258 Å². The molecule has 3 aliphatic rings. The predicted molar refractivity (Wildman–Crippen MR) is 172 cm³/mol. The SMILES string of the molecule is COc1cccc(-c2nc(C(N)=O)c(Nc3ccc(N4CCC(N5CCN(C)CC5)CC4)cc3)nc2NC2CCOCC2)n1. The number of pyridine rings is 1. The lowest BCUT2D eigenvalue weighted by atomic mass is 10.0. The summed E-state index contributed by atoms with van der Waals surface area (Å²) in [6.45, 7) is 8.07. The number of carbonyl (C=O) groups excluding carboxylic acids is 1. The molecule has 12 heteroatoms. The smallest absolute Gasteiger partial charge is 0.271 e. The number of nitrogens with two attached hydrogens (primary N) is 1. The summed E-state index contributed by atoms with van der Waals surface area (Å²) in [5.41, 5.74) is 8.81. The number of methoxy groups -OCH3 is 1. The lowest BCUT2D eigenvalue weighted by molar-refractivity contribution is 0.0904. The van der Waals surface area contributed by atoms with E-state index >= 15 is 0 Å². The van der Waals surface area contributed by atoms with Crippen LogP contribution in [0, 0.1) is 0 Å². The summed E-state index contributed by atoms with van der Waals surface area (Å²) in [6.07, 6.45) is 4.03. The van der Waals surface area contributed by atoms with Gasteiger partial charge in [0.25, 0.3) is 5.91 Å². The Morgan fingerprint density at radius 1 is 0.909 bits per heavy atom. The Morgan fingerprint density at radius 2 is 1.64 bits per heavy atom. The van der Waals surface area contributed by atoms with Crippen LogP contribution in [0.4, 0.5) is 23.0 Å². The molecule has 44 heavy (non-hydrogen) atoms. The molecular formula is C32H43N9O3. The maximum Gasteiger partial charge on any atom is 0.271 e. The number of hydrogen-bond acceptors (Lipinski definition) is 11. The van der Waals surface area contributed by atoms with Crippen LogP contribution in [0.1, 0.15) is 36.2 Å². The van der Waals surface area contributed by atoms with Crippen molar-refractivity contribution in [2.24, 2.45) is 5.73 Å². The number of piperidine rings is 1. The van der Waals surface area contributed by atoms with Crippen molar-refractivity contribution in [2.75, 3.05) is 82.2 Å². The van der Waals surface area contributed by atoms with Crippen molar-refractivity contribution in [1.82, 2.24) is 24.8 Å². The molecule has 0 atom stereocenters. The Kier molecular flexibility index (Phi) is 9.39. The van der Waals surface area contributed by atoms with E-state index < -0.39 is 5.91 Å². The number of carbonyl (C=O) groups is 1. The Bertz CT molecular complexity index is 1410. The molecule has 0 radical (unpaired) electrons. The topological polar surface area (TPSA) is 134 Å². The number of amides is 1. The van der Waals surface area contributed by atoms with Gasteiger partial charge in [0.15, 0.2) is 17.3 Å². The molecule has 1 amide bonds. The normalized spacial score (nSPS) is 19.1. The summed E-state index contributed by atoms with van der Waals surface area (Å²) in [4.78, 5) is 34.3. The highest BCUT2D eigenvalue weighted by Gasteiger charge is 2.27. The molecule has 3 aliphatic heterocycles. The number of anilines is 4. The van der Waals surface area contributed by atoms with Crippen LogP contribution in [0.5, 0.6) is 5.88 Å². The van der Waals surface area contributed by atoms with Gasteiger partial charge in [0.05, 0.1) is 12.8 Å². The molecule has 0 aliphatic carbocycles. The zero-order valence-corrected chi connectivity index (χ0v) is 25.7. The number of nitrogens with zero attached hydrogens (tertiary/aromatic N) is 6. The van der Waals surface area contributed by atoms with Crippen LogP contribution >= 0.6 is 0 Å². The molecule has 4 N–H and O–H groups in total. The molecular weight excluding hydrogens is 558 g/mol. The summed E-state index contributed by atoms with van der Waals surface area (Å²) < 4.78 is 10.9. The highest BCUT2D eigenvalue weighted by Crippen LogP contribution is 2.31. The van der Waals surface area contributed by atoms with Crippen molar-refractivity contribution in [1.29, 1.82) is 0 Å². The average molecular weight is 602 g/mol. The largest absolute Gasteiger partial charge is 0.481 e. The Balaban J connectivity index is 1.20. The van der Waals surface area contributed by atoms with Crippen LogP contribution in [0.25, 0.3) is 11.4 Å². The predicted octanol–water partition coefficient (Wildman–Crippen LogP) is 3.20. The zero-order valence-electron chi connectivity index (χ0n) is 25.7. The monoisotopic (exact) mass is 601 g/mol. The van der Waals surface area contributed by atoms with Gasteiger partial charge in [-0.2, -0.15) is 0 Å². The maximum absolute atomic E-state index is 12.6. The van der Waals surface area contributed by atoms with Crippen molar-refractivity contribution in [2.45, 2.75) is 37.8 Å². The molecule has 3 aromatic rings. The van der Waals surface area contributed by atoms with Crippen LogP contribution in [0.15, 0.2) is 42.5 Å². The molecule has 6 rings (SSSR count). The van der Waals surface area contributed by atoms with E-state index in [9.17, 15) is 4.79 Å². The fourth-order valence-electron chi connectivity index (χ4n) is 6.24. The first-order valence-corrected chi connectivity index (χ1v) is 15.6. The van der Waals surface area contributed by atoms with Gasteiger partial charge in [0.1, 0.15) is 5.69 Å². The number of primary amides is 1. The van der Waals surface area contributed by atoms with Crippen LogP contribution in [0.2, 0.25) is 0 Å². The number of ether oxygens (including phenoxy) is 2. The van der Waals surface area contributed by atoms with Crippen molar-refractivity contribution < 1.29 is 14.3 Å². The molecule has 5 heterocycles. The van der Waals surface area contributed by atoms with Gasteiger partial charge < -0.3 is 35.6 Å². The molecule has 3 saturated heterocycles. The molecule has 1 aromatic carbocycles. The third kappa shape index (κ3) is 7.03. The van der Waals surface area contributed by atoms with E-state index in [-0.39, 0.29) is 11.7 Å². The lowest BCUT2D eigenvalue weighted by Gasteiger charge is -2.42. The summed E-state index contributed by atoms with van der Waals surface area (Å²) in [6, 6.07) is 14.5. The third-order valence-electron chi connectivity index (χ3n) is 8.88. The zero-order chi connectivity index (χ0) is 30.5. The fourth-order valence-corrected chi connectivity index (χ4v) is 6.24. The Hall–Kier alpha value is -4.00. The van der Waals surface area contributed by atoms with Gasteiger partial charge in [-0.3, -0.25) is 9.69 Å². The van der Waals surface area contributed by atoms with Gasteiger partial charge in [0, 0.05) is 82.0 Å². The van der Waals surface area contributed by atoms with Crippen molar-refractivity contribution >= 4 is 28.9 Å². The van der Waals surface area contributed by atoms with Crippen LogP contribution < -0.4 is 26.0 Å². The number of benzene rings is 1. The van der Waals surface area contributed by atoms with Crippen LogP contribution in [-0.2, 0) is 4.74 Å². The summed E-state index contributed by atoms with van der Waals surface area (Å²) in [5, 5.41) is 6.82. The minimum atomic E-state index is -0.679. The van der Waals surface area contributed by atoms with Crippen LogP contribution in [0.3, 0.4) is 0 Å². The van der Waals surface area contributed by atoms with Gasteiger partial charge in [-0.1, -0.05) is 6.07 Å². The summed E-state index contributed by atoms with van der Waals surface area (Å²) in [7, 11) is 3.76. The summed E-state index contributed by atoms with van der Waals surface area (Å²) >= 11 is 0. The molecule has 0 unspecified atom stereocenters. The lowest BCUT2D eigenvalue weighted by Crippen LogP contribution is -2.52. The molecule has 2 aromatic heterocycles. The number of rotatable bonds is 9. The van der Waals surface area contributed by atoms with Gasteiger partial charge in [0.2, 0.25) is 5.88 Å². The quantitative estimate of drug-likeness (QED) is 0.334. The average Bonchev–Trinajstić information content (AvgIpc) is 3.06. The number of aromatic nitrogens is 3. The van der Waals surface area contributed by atoms with Crippen molar-refractivity contribution in [3.8, 4) is 17.3 Å². The second-order valence-corrected chi connectivity index (χ2v) is 11.8. The van der Waals surface area contributed by atoms with E-state index in [0.717, 1.165) is 44.7 Å². The standard InChI is InChI=1S/C32H43N9O3/c1-39-16-18-41(19-17-39)25-10-14-40(15-11-25)24-8-6-22(7-9-24)34-32-29(30(33)42)37-28(26-4-3-5-27(36-26)43-2)31(38-32)35-23-12-20-44-21-13-23/h3-9,23,25H,10-21H2,1-2H3,(H2,33,42)(H2,34,35,38). The van der Waals surface area contributed by atoms with Crippen molar-refractivity contribution in [3.05, 3.63) is 48.2 Å². The van der Waals surface area contributed by atoms with Gasteiger partial charge >= 0.3 is 0 Å². The number of piperazine rings is 1. The molecule has 3 fully saturated rings. The maximum atomic E-state index is 12.6. The van der Waals surface area contributed by atoms with Gasteiger partial charge in [-0.25, -0.2) is 15.0 Å². The number of hydrogen-bond donors (Lipinski definition) is 3. The fraction of sp³-hybridized carbons (Fsp3) is 0.500. The van der Waals surface area contributed by atoms with E-state index in [1.165, 1.54) is 31.6 Å². The van der Waals surface area contributed by atoms with Gasteiger partial charge in [-0.05, 0) is 63.1 Å². The minimum Gasteiger partial charge on any atom is -0.481 e. The number of likely N-dealkylation sites (N-methyl/N-ethyl adjacent to an activating group) is 1. The highest BCUT2D eigenvalue weighted by molar-refractivity contribution is 5.97. The van der Waals surface area contributed by atoms with E-state index in [1.54, 1.807) is 13.2 Å². The molecule has 12 nitrogen and oxygen atoms in total. The first-order chi connectivity index (χ1) is 21.5. The summed E-state index contributed by atoms with van der Waals surface area (Å²) in [5.74, 6) is 0.568. The first-order valence-electron chi connectivity index (χ1n) is 15.6. The number of nitrogens with one attached hydrogen (secondary N) is 2. The molecule has 0 spiro atoms. The molecule has 0 bridgehead atoms. The van der Waals surface area contributed by atoms with Gasteiger partial charge in [-0.15, -0.1) is 0 Å². The first kappa shape index (κ1) is 30.0. The molecule has 0 saturated carbocycles. The molecule has 234 valence electrons. The van der Waals surface area contributed by atoms with E-state index in [2.05, 4.69) is 49.5 Å². The Morgan fingerprint density at radius 3 is 2.32 bits per heavy atom. The van der Waals surface area contributed by atoms with E-state index in [4.69, 9.17) is 25.2 Å². The minimum absolute atomic E-state index is 0.0391. The second kappa shape index (κ2) is 13.7.